The predicted molar refractivity (Wildman–Crippen MR) is 95.2 cm³/mol. The summed E-state index contributed by atoms with van der Waals surface area (Å²) in [6.45, 7) is 3.69. The quantitative estimate of drug-likeness (QED) is 0.797. The predicted octanol–water partition coefficient (Wildman–Crippen LogP) is 3.18. The van der Waals surface area contributed by atoms with Crippen molar-refractivity contribution in [2.45, 2.75) is 38.5 Å². The number of carbonyl (C=O) groups is 1. The molecule has 6 heteroatoms. The van der Waals surface area contributed by atoms with Gasteiger partial charge in [-0.25, -0.2) is 9.97 Å². The third-order valence-electron chi connectivity index (χ3n) is 4.41. The van der Waals surface area contributed by atoms with Crippen LogP contribution in [0.5, 0.6) is 0 Å². The normalized spacial score (nSPS) is 16.1. The first-order valence-electron chi connectivity index (χ1n) is 8.82. The Kier molecular flexibility index (Phi) is 5.44. The van der Waals surface area contributed by atoms with Crippen LogP contribution in [0.15, 0.2) is 24.3 Å². The number of carbonyl (C=O) groups excluding carboxylic acids is 1. The summed E-state index contributed by atoms with van der Waals surface area (Å²) in [5.41, 5.74) is 1.85. The molecule has 25 heavy (non-hydrogen) atoms. The van der Waals surface area contributed by atoms with E-state index in [2.05, 4.69) is 16.0 Å². The van der Waals surface area contributed by atoms with Crippen molar-refractivity contribution in [1.82, 2.24) is 9.97 Å². The maximum Gasteiger partial charge on any atom is 0.329 e. The molecule has 0 amide bonds. The maximum absolute atomic E-state index is 12.3. The third-order valence-corrected chi connectivity index (χ3v) is 4.41. The zero-order valence-electron chi connectivity index (χ0n) is 14.4. The lowest BCUT2D eigenvalue weighted by Crippen LogP contribution is -2.28. The number of aromatic nitrogens is 2. The zero-order valence-corrected chi connectivity index (χ0v) is 14.4. The van der Waals surface area contributed by atoms with E-state index in [1.807, 2.05) is 24.3 Å². The Bertz CT molecular complexity index is 792. The first-order chi connectivity index (χ1) is 12.2. The van der Waals surface area contributed by atoms with Crippen molar-refractivity contribution >= 4 is 22.8 Å². The Balaban J connectivity index is 2.11. The summed E-state index contributed by atoms with van der Waals surface area (Å²) in [5.74, 6) is -0.985. The molecule has 6 nitrogen and oxygen atoms in total. The van der Waals surface area contributed by atoms with Crippen molar-refractivity contribution in [3.8, 4) is 6.07 Å². The molecule has 0 spiro atoms. The van der Waals surface area contributed by atoms with Crippen molar-refractivity contribution in [1.29, 1.82) is 5.26 Å². The number of para-hydroxylation sites is 2. The Labute approximate surface area is 147 Å². The van der Waals surface area contributed by atoms with Crippen LogP contribution in [0.25, 0.3) is 11.0 Å². The van der Waals surface area contributed by atoms with Crippen LogP contribution in [-0.4, -0.2) is 35.6 Å². The molecule has 1 atom stereocenters. The second kappa shape index (κ2) is 7.93. The van der Waals surface area contributed by atoms with E-state index in [0.717, 1.165) is 31.4 Å². The Morgan fingerprint density at radius 1 is 1.20 bits per heavy atom. The van der Waals surface area contributed by atoms with E-state index in [9.17, 15) is 10.1 Å². The number of hydrogen-bond acceptors (Lipinski definition) is 6. The van der Waals surface area contributed by atoms with Gasteiger partial charge in [0.15, 0.2) is 11.7 Å². The van der Waals surface area contributed by atoms with Gasteiger partial charge in [-0.1, -0.05) is 25.0 Å². The molecule has 1 aliphatic heterocycles. The minimum absolute atomic E-state index is 0.233. The van der Waals surface area contributed by atoms with Crippen LogP contribution in [0.4, 0.5) is 5.82 Å². The Morgan fingerprint density at radius 3 is 2.44 bits per heavy atom. The summed E-state index contributed by atoms with van der Waals surface area (Å²) in [4.78, 5) is 23.8. The second-order valence-corrected chi connectivity index (χ2v) is 6.14. The van der Waals surface area contributed by atoms with Crippen molar-refractivity contribution in [2.75, 3.05) is 24.6 Å². The number of rotatable bonds is 4. The molecule has 1 aliphatic rings. The summed E-state index contributed by atoms with van der Waals surface area (Å²) in [6, 6.07) is 9.59. The molecule has 2 heterocycles. The number of ether oxygens (including phenoxy) is 1. The summed E-state index contributed by atoms with van der Waals surface area (Å²) < 4.78 is 5.08. The molecule has 0 saturated carbocycles. The van der Waals surface area contributed by atoms with E-state index >= 15 is 0 Å². The van der Waals surface area contributed by atoms with Gasteiger partial charge >= 0.3 is 5.97 Å². The number of nitrogens with zero attached hydrogens (tertiary/aromatic N) is 4. The fourth-order valence-corrected chi connectivity index (χ4v) is 3.16. The minimum Gasteiger partial charge on any atom is -0.465 e. The molecule has 0 aliphatic carbocycles. The van der Waals surface area contributed by atoms with Gasteiger partial charge in [0, 0.05) is 13.1 Å². The van der Waals surface area contributed by atoms with Gasteiger partial charge in [-0.15, -0.1) is 0 Å². The molecule has 130 valence electrons. The topological polar surface area (TPSA) is 79.1 Å². The molecule has 1 aromatic heterocycles. The molecular weight excluding hydrogens is 316 g/mol. The van der Waals surface area contributed by atoms with Gasteiger partial charge < -0.3 is 9.64 Å². The van der Waals surface area contributed by atoms with Crippen LogP contribution >= 0.6 is 0 Å². The third kappa shape index (κ3) is 3.71. The first kappa shape index (κ1) is 17.2. The van der Waals surface area contributed by atoms with E-state index in [-0.39, 0.29) is 6.61 Å². The smallest absolute Gasteiger partial charge is 0.329 e. The van der Waals surface area contributed by atoms with Crippen molar-refractivity contribution in [3.05, 3.63) is 30.0 Å². The summed E-state index contributed by atoms with van der Waals surface area (Å²) in [6.07, 6.45) is 4.52. The molecule has 1 unspecified atom stereocenters. The first-order valence-corrected chi connectivity index (χ1v) is 8.82. The highest BCUT2D eigenvalue weighted by Gasteiger charge is 2.30. The molecule has 2 aromatic rings. The second-order valence-electron chi connectivity index (χ2n) is 6.14. The molecule has 1 aromatic carbocycles. The average Bonchev–Trinajstić information content (AvgIpc) is 2.91. The molecular formula is C19H22N4O2. The van der Waals surface area contributed by atoms with Gasteiger partial charge in [0.1, 0.15) is 5.69 Å². The lowest BCUT2D eigenvalue weighted by Gasteiger charge is -2.25. The highest BCUT2D eigenvalue weighted by molar-refractivity contribution is 5.85. The van der Waals surface area contributed by atoms with Gasteiger partial charge in [-0.05, 0) is 31.9 Å². The minimum atomic E-state index is -1.06. The summed E-state index contributed by atoms with van der Waals surface area (Å²) >= 11 is 0. The zero-order chi connectivity index (χ0) is 17.6. The molecule has 1 saturated heterocycles. The lowest BCUT2D eigenvalue weighted by molar-refractivity contribution is -0.143. The van der Waals surface area contributed by atoms with E-state index in [1.165, 1.54) is 12.8 Å². The number of fused-ring (bicyclic) bond motifs is 1. The van der Waals surface area contributed by atoms with Crippen LogP contribution in [0.1, 0.15) is 44.2 Å². The van der Waals surface area contributed by atoms with Crippen LogP contribution in [-0.2, 0) is 9.53 Å². The molecule has 0 N–H and O–H groups in total. The van der Waals surface area contributed by atoms with Gasteiger partial charge in [0.2, 0.25) is 0 Å². The number of benzene rings is 1. The van der Waals surface area contributed by atoms with Crippen LogP contribution in [0.3, 0.4) is 0 Å². The molecule has 3 rings (SSSR count). The van der Waals surface area contributed by atoms with E-state index in [0.29, 0.717) is 17.0 Å². The highest BCUT2D eigenvalue weighted by Crippen LogP contribution is 2.29. The molecule has 1 fully saturated rings. The Hall–Kier alpha value is -2.68. The number of esters is 1. The van der Waals surface area contributed by atoms with E-state index in [1.54, 1.807) is 6.92 Å². The number of anilines is 1. The number of hydrogen-bond donors (Lipinski definition) is 0. The standard InChI is InChI=1S/C19H22N4O2/c1-2-25-19(24)14(13-20)17-18(23-11-7-3-4-8-12-23)22-16-10-6-5-9-15(16)21-17/h5-6,9-10,14H,2-4,7-8,11-12H2,1H3. The van der Waals surface area contributed by atoms with E-state index < -0.39 is 11.9 Å². The fraction of sp³-hybridized carbons (Fsp3) is 0.474. The van der Waals surface area contributed by atoms with Gasteiger partial charge in [-0.2, -0.15) is 5.26 Å². The van der Waals surface area contributed by atoms with Gasteiger partial charge in [0.05, 0.1) is 23.7 Å². The molecule has 0 bridgehead atoms. The van der Waals surface area contributed by atoms with E-state index in [4.69, 9.17) is 9.72 Å². The van der Waals surface area contributed by atoms with Crippen molar-refractivity contribution in [3.63, 3.8) is 0 Å². The van der Waals surface area contributed by atoms with Crippen molar-refractivity contribution < 1.29 is 9.53 Å². The maximum atomic E-state index is 12.3. The van der Waals surface area contributed by atoms with Crippen LogP contribution < -0.4 is 4.90 Å². The highest BCUT2D eigenvalue weighted by atomic mass is 16.5. The van der Waals surface area contributed by atoms with Crippen LogP contribution in [0.2, 0.25) is 0 Å². The Morgan fingerprint density at radius 2 is 1.84 bits per heavy atom. The summed E-state index contributed by atoms with van der Waals surface area (Å²) in [5, 5.41) is 9.59. The monoisotopic (exact) mass is 338 g/mol. The largest absolute Gasteiger partial charge is 0.465 e. The SMILES string of the molecule is CCOC(=O)C(C#N)c1nc2ccccc2nc1N1CCCCCC1. The number of nitriles is 1. The van der Waals surface area contributed by atoms with Crippen LogP contribution in [0, 0.1) is 11.3 Å². The average molecular weight is 338 g/mol. The van der Waals surface area contributed by atoms with Gasteiger partial charge in [-0.3, -0.25) is 4.79 Å². The summed E-state index contributed by atoms with van der Waals surface area (Å²) in [7, 11) is 0. The van der Waals surface area contributed by atoms with Crippen molar-refractivity contribution in [2.24, 2.45) is 0 Å². The van der Waals surface area contributed by atoms with Gasteiger partial charge in [0.25, 0.3) is 0 Å². The fourth-order valence-electron chi connectivity index (χ4n) is 3.16. The lowest BCUT2D eigenvalue weighted by atomic mass is 10.1. The molecule has 0 radical (unpaired) electrons.